The maximum atomic E-state index is 16.5. The molecule has 0 saturated heterocycles. The second-order valence-corrected chi connectivity index (χ2v) is 14.6. The molecule has 7 aromatic rings. The van der Waals surface area contributed by atoms with E-state index in [9.17, 15) is 25.5 Å². The Morgan fingerprint density at radius 1 is 0.541 bits per heavy atom. The number of nitrogens with zero attached hydrogens (tertiary/aromatic N) is 2. The summed E-state index contributed by atoms with van der Waals surface area (Å²) in [5.74, 6) is -8.78. The van der Waals surface area contributed by atoms with Crippen LogP contribution in [0, 0.1) is 23.3 Å². The molecule has 0 amide bonds. The Labute approximate surface area is 344 Å². The Morgan fingerprint density at radius 2 is 0.967 bits per heavy atom. The van der Waals surface area contributed by atoms with Gasteiger partial charge in [0.25, 0.3) is 0 Å². The number of ether oxygens (including phenoxy) is 1. The number of rotatable bonds is 8. The maximum Gasteiger partial charge on any atom is 0.204 e. The van der Waals surface area contributed by atoms with Crippen LogP contribution < -0.4 is 4.74 Å². The highest BCUT2D eigenvalue weighted by atomic mass is 19.2. The number of hydrogen-bond acceptors (Lipinski definition) is 8. The van der Waals surface area contributed by atoms with Gasteiger partial charge < -0.3 is 40.2 Å². The van der Waals surface area contributed by atoms with Crippen LogP contribution in [0.25, 0.3) is 78.7 Å². The minimum absolute atomic E-state index is 0.0272. The normalized spacial score (nSPS) is 12.8. The first kappa shape index (κ1) is 39.1. The zero-order valence-electron chi connectivity index (χ0n) is 31.8. The molecule has 306 valence electrons. The van der Waals surface area contributed by atoms with Gasteiger partial charge >= 0.3 is 0 Å². The standard InChI is InChI=1S/C47H34F4N4O6/c48-43-42(44(49)46(51)47(45(43)50)61-22-29(60)21-56)41-36-16-14-34(54-36)39(24-5-2-8-27(58)19-24)32-12-10-30(52-32)38(23-4-1-7-26(57)18-23)31-11-13-33(53-31)40(35-15-17-37(41)55-35)25-6-3-9-28(59)20-25/h1-14,16,18-20,29,53-54,56-60H,15,17,21-22H2. The summed E-state index contributed by atoms with van der Waals surface area (Å²) in [6.07, 6.45) is 2.21. The number of H-pyrrole nitrogens is 2. The lowest BCUT2D eigenvalue weighted by Crippen LogP contribution is -2.22. The number of nitrogens with one attached hydrogen (secondary N) is 2. The van der Waals surface area contributed by atoms with Crippen LogP contribution in [0.3, 0.4) is 0 Å². The molecule has 10 nitrogen and oxygen atoms in total. The topological polar surface area (TPSA) is 168 Å². The Morgan fingerprint density at radius 3 is 1.43 bits per heavy atom. The molecule has 0 aliphatic carbocycles. The number of aromatic nitrogens is 4. The van der Waals surface area contributed by atoms with Crippen molar-refractivity contribution in [1.82, 2.24) is 19.9 Å². The molecule has 0 radical (unpaired) electrons. The smallest absolute Gasteiger partial charge is 0.204 e. The zero-order valence-corrected chi connectivity index (χ0v) is 31.8. The zero-order chi connectivity index (χ0) is 42.5. The highest BCUT2D eigenvalue weighted by Crippen LogP contribution is 2.42. The van der Waals surface area contributed by atoms with Crippen molar-refractivity contribution in [2.24, 2.45) is 0 Å². The average molecular weight is 827 g/mol. The molecular formula is C47H34F4N4O6. The van der Waals surface area contributed by atoms with E-state index < -0.39 is 53.9 Å². The van der Waals surface area contributed by atoms with Gasteiger partial charge in [0, 0.05) is 44.3 Å². The van der Waals surface area contributed by atoms with E-state index in [0.717, 1.165) is 0 Å². The molecule has 4 aromatic carbocycles. The molecule has 7 N–H and O–H groups in total. The van der Waals surface area contributed by atoms with E-state index in [1.807, 2.05) is 18.2 Å². The summed E-state index contributed by atoms with van der Waals surface area (Å²) in [6.45, 7) is -1.68. The number of phenolic OH excluding ortho intramolecular Hbond substituents is 3. The fourth-order valence-corrected chi connectivity index (χ4v) is 7.86. The summed E-state index contributed by atoms with van der Waals surface area (Å²) in [5, 5.41) is 50.7. The molecule has 2 aliphatic rings. The molecule has 0 spiro atoms. The highest BCUT2D eigenvalue weighted by Gasteiger charge is 2.31. The SMILES string of the molecule is OCC(O)COc1c(F)c(F)c(-c2c3nc(c(-c4cccc(O)c4)c4ccc([nH]4)c(-c4cccc(O)c4)c4nc(c(-c5cccc(O)c5)c5ccc2[nH]5)C=C4)CC3)c(F)c1F. The predicted octanol–water partition coefficient (Wildman–Crippen LogP) is 9.34. The van der Waals surface area contributed by atoms with Crippen LogP contribution in [0.1, 0.15) is 22.8 Å². The number of aromatic hydroxyl groups is 3. The van der Waals surface area contributed by atoms with Crippen molar-refractivity contribution in [2.45, 2.75) is 18.9 Å². The van der Waals surface area contributed by atoms with Crippen LogP contribution in [-0.2, 0) is 12.8 Å². The van der Waals surface area contributed by atoms with Gasteiger partial charge in [-0.2, -0.15) is 8.78 Å². The quantitative estimate of drug-likeness (QED) is 0.0588. The second-order valence-electron chi connectivity index (χ2n) is 14.6. The summed E-state index contributed by atoms with van der Waals surface area (Å²) in [5.41, 5.74) is 4.82. The van der Waals surface area contributed by atoms with E-state index in [1.54, 1.807) is 60.7 Å². The van der Waals surface area contributed by atoms with Crippen LogP contribution in [0.5, 0.6) is 23.0 Å². The van der Waals surface area contributed by atoms with E-state index >= 15 is 17.6 Å². The first-order valence-corrected chi connectivity index (χ1v) is 19.1. The molecule has 1 unspecified atom stereocenters. The number of aliphatic hydroxyl groups excluding tert-OH is 2. The summed E-state index contributed by atoms with van der Waals surface area (Å²) in [4.78, 5) is 16.7. The van der Waals surface area contributed by atoms with Crippen molar-refractivity contribution in [3.05, 3.63) is 143 Å². The third-order valence-electron chi connectivity index (χ3n) is 10.6. The van der Waals surface area contributed by atoms with Crippen molar-refractivity contribution in [2.75, 3.05) is 13.2 Å². The molecule has 2 aliphatic heterocycles. The van der Waals surface area contributed by atoms with Crippen molar-refractivity contribution in [3.8, 4) is 67.5 Å². The van der Waals surface area contributed by atoms with Gasteiger partial charge in [-0.15, -0.1) is 0 Å². The molecule has 14 heteroatoms. The number of benzene rings is 4. The molecule has 9 rings (SSSR count). The predicted molar refractivity (Wildman–Crippen MR) is 222 cm³/mol. The van der Waals surface area contributed by atoms with E-state index in [0.29, 0.717) is 67.0 Å². The van der Waals surface area contributed by atoms with Gasteiger partial charge in [0.15, 0.2) is 17.4 Å². The number of aryl methyl sites for hydroxylation is 2. The van der Waals surface area contributed by atoms with Gasteiger partial charge in [-0.1, -0.05) is 36.4 Å². The lowest BCUT2D eigenvalue weighted by atomic mass is 9.99. The van der Waals surface area contributed by atoms with Gasteiger partial charge in [-0.25, -0.2) is 13.8 Å². The highest BCUT2D eigenvalue weighted by molar-refractivity contribution is 5.97. The number of phenols is 3. The van der Waals surface area contributed by atoms with E-state index in [1.165, 1.54) is 30.3 Å². The van der Waals surface area contributed by atoms with Gasteiger partial charge in [0.05, 0.1) is 34.9 Å². The number of aliphatic hydroxyl groups is 2. The lowest BCUT2D eigenvalue weighted by Gasteiger charge is -2.15. The third kappa shape index (κ3) is 7.11. The fraction of sp³-hybridized carbons (Fsp3) is 0.106. The van der Waals surface area contributed by atoms with E-state index in [4.69, 9.17) is 14.7 Å². The Bertz CT molecular complexity index is 3080. The van der Waals surface area contributed by atoms with Crippen molar-refractivity contribution < 1.29 is 47.8 Å². The molecule has 0 saturated carbocycles. The number of fused-ring (bicyclic) bond motifs is 8. The second kappa shape index (κ2) is 15.6. The van der Waals surface area contributed by atoms with E-state index in [-0.39, 0.29) is 46.9 Å². The molecule has 3 aromatic heterocycles. The van der Waals surface area contributed by atoms with E-state index in [2.05, 4.69) is 9.97 Å². The molecule has 61 heavy (non-hydrogen) atoms. The Hall–Kier alpha value is -7.42. The number of aromatic amines is 2. The summed E-state index contributed by atoms with van der Waals surface area (Å²) in [6, 6.07) is 26.3. The molecular weight excluding hydrogens is 793 g/mol. The number of halogens is 4. The van der Waals surface area contributed by atoms with Crippen LogP contribution in [0.2, 0.25) is 0 Å². The maximum absolute atomic E-state index is 16.5. The fourth-order valence-electron chi connectivity index (χ4n) is 7.86. The van der Waals surface area contributed by atoms with Crippen molar-refractivity contribution in [1.29, 1.82) is 0 Å². The van der Waals surface area contributed by atoms with Crippen molar-refractivity contribution >= 4 is 34.2 Å². The molecule has 1 atom stereocenters. The number of hydrogen-bond donors (Lipinski definition) is 7. The van der Waals surface area contributed by atoms with Gasteiger partial charge in [0.2, 0.25) is 11.6 Å². The van der Waals surface area contributed by atoms with Gasteiger partial charge in [0.1, 0.15) is 30.0 Å². The van der Waals surface area contributed by atoms with Crippen LogP contribution in [-0.4, -0.2) is 64.8 Å². The molecule has 5 heterocycles. The van der Waals surface area contributed by atoms with Crippen LogP contribution in [0.15, 0.2) is 97.1 Å². The molecule has 8 bridgehead atoms. The summed E-state index contributed by atoms with van der Waals surface area (Å²) < 4.78 is 69.6. The average Bonchev–Trinajstić information content (AvgIpc) is 4.09. The van der Waals surface area contributed by atoms with Crippen LogP contribution >= 0.6 is 0 Å². The summed E-state index contributed by atoms with van der Waals surface area (Å²) >= 11 is 0. The Kier molecular flexibility index (Phi) is 10.0. The Balaban J connectivity index is 1.45. The molecule has 0 fully saturated rings. The lowest BCUT2D eigenvalue weighted by molar-refractivity contribution is 0.0504. The minimum atomic E-state index is -1.86. The summed E-state index contributed by atoms with van der Waals surface area (Å²) in [7, 11) is 0. The van der Waals surface area contributed by atoms with Crippen LogP contribution in [0.4, 0.5) is 17.6 Å². The van der Waals surface area contributed by atoms with Gasteiger partial charge in [-0.3, -0.25) is 4.98 Å². The third-order valence-corrected chi connectivity index (χ3v) is 10.6. The first-order valence-electron chi connectivity index (χ1n) is 19.1. The largest absolute Gasteiger partial charge is 0.508 e. The minimum Gasteiger partial charge on any atom is -0.508 e. The van der Waals surface area contributed by atoms with Crippen molar-refractivity contribution in [3.63, 3.8) is 0 Å². The monoisotopic (exact) mass is 826 g/mol. The van der Waals surface area contributed by atoms with Gasteiger partial charge in [-0.05, 0) is 102 Å². The first-order chi connectivity index (χ1) is 29.5.